The molecule has 0 amide bonds. The number of para-hydroxylation sites is 1. The monoisotopic (exact) mass is 342 g/mol. The van der Waals surface area contributed by atoms with Crippen LogP contribution < -0.4 is 16.0 Å². The van der Waals surface area contributed by atoms with Crippen molar-refractivity contribution in [1.29, 1.82) is 0 Å². The highest BCUT2D eigenvalue weighted by molar-refractivity contribution is 5.69. The molecule has 7 heteroatoms. The maximum absolute atomic E-state index is 12.4. The molecule has 0 atom stereocenters. The SMILES string of the molecule is Cc1ccccc1OCCCCn1cnc2c1c(=O)n(C)c(=O)n2C. The van der Waals surface area contributed by atoms with E-state index in [-0.39, 0.29) is 11.2 Å². The molecule has 2 heterocycles. The molecule has 0 aliphatic rings. The molecule has 132 valence electrons. The van der Waals surface area contributed by atoms with Gasteiger partial charge in [-0.05, 0) is 31.4 Å². The van der Waals surface area contributed by atoms with Gasteiger partial charge in [-0.25, -0.2) is 9.78 Å². The lowest BCUT2D eigenvalue weighted by Gasteiger charge is -2.09. The van der Waals surface area contributed by atoms with Gasteiger partial charge >= 0.3 is 5.69 Å². The van der Waals surface area contributed by atoms with Gasteiger partial charge in [0.05, 0.1) is 12.9 Å². The Morgan fingerprint density at radius 1 is 1.08 bits per heavy atom. The molecule has 0 aliphatic heterocycles. The molecule has 0 saturated heterocycles. The fraction of sp³-hybridized carbons (Fsp3) is 0.389. The summed E-state index contributed by atoms with van der Waals surface area (Å²) in [5, 5.41) is 0. The maximum atomic E-state index is 12.4. The smallest absolute Gasteiger partial charge is 0.332 e. The summed E-state index contributed by atoms with van der Waals surface area (Å²) in [6.07, 6.45) is 3.33. The molecule has 0 radical (unpaired) electrons. The molecule has 7 nitrogen and oxygen atoms in total. The highest BCUT2D eigenvalue weighted by Crippen LogP contribution is 2.16. The van der Waals surface area contributed by atoms with Crippen LogP contribution in [0.25, 0.3) is 11.2 Å². The van der Waals surface area contributed by atoms with Crippen LogP contribution in [0.5, 0.6) is 5.75 Å². The van der Waals surface area contributed by atoms with Crippen LogP contribution in [-0.4, -0.2) is 25.3 Å². The molecule has 0 bridgehead atoms. The first-order chi connectivity index (χ1) is 12.0. The maximum Gasteiger partial charge on any atom is 0.332 e. The van der Waals surface area contributed by atoms with Crippen molar-refractivity contribution in [2.75, 3.05) is 6.61 Å². The van der Waals surface area contributed by atoms with Crippen LogP contribution in [-0.2, 0) is 20.6 Å². The van der Waals surface area contributed by atoms with Crippen molar-refractivity contribution >= 4 is 11.2 Å². The van der Waals surface area contributed by atoms with E-state index in [9.17, 15) is 9.59 Å². The predicted octanol–water partition coefficient (Wildman–Crippen LogP) is 1.60. The van der Waals surface area contributed by atoms with E-state index in [1.807, 2.05) is 35.8 Å². The first-order valence-corrected chi connectivity index (χ1v) is 8.30. The average Bonchev–Trinajstić information content (AvgIpc) is 3.03. The lowest BCUT2D eigenvalue weighted by Crippen LogP contribution is -2.37. The summed E-state index contributed by atoms with van der Waals surface area (Å²) < 4.78 is 10.1. The summed E-state index contributed by atoms with van der Waals surface area (Å²) in [5.74, 6) is 0.902. The van der Waals surface area contributed by atoms with E-state index >= 15 is 0 Å². The Hall–Kier alpha value is -2.83. The highest BCUT2D eigenvalue weighted by Gasteiger charge is 2.13. The largest absolute Gasteiger partial charge is 0.493 e. The fourth-order valence-electron chi connectivity index (χ4n) is 2.85. The number of nitrogens with zero attached hydrogens (tertiary/aromatic N) is 4. The molecular formula is C18H22N4O3. The third kappa shape index (κ3) is 3.22. The molecule has 0 fully saturated rings. The van der Waals surface area contributed by atoms with E-state index in [1.165, 1.54) is 11.6 Å². The Kier molecular flexibility index (Phi) is 4.74. The number of ether oxygens (including phenoxy) is 1. The van der Waals surface area contributed by atoms with Gasteiger partial charge in [-0.3, -0.25) is 13.9 Å². The van der Waals surface area contributed by atoms with E-state index in [0.717, 1.165) is 28.7 Å². The highest BCUT2D eigenvalue weighted by atomic mass is 16.5. The fourth-order valence-corrected chi connectivity index (χ4v) is 2.85. The van der Waals surface area contributed by atoms with E-state index in [2.05, 4.69) is 4.98 Å². The topological polar surface area (TPSA) is 71.1 Å². The third-order valence-electron chi connectivity index (χ3n) is 4.36. The second-order valence-electron chi connectivity index (χ2n) is 6.14. The van der Waals surface area contributed by atoms with Gasteiger partial charge in [-0.15, -0.1) is 0 Å². The molecule has 3 rings (SSSR count). The Morgan fingerprint density at radius 2 is 1.84 bits per heavy atom. The number of unbranched alkanes of at least 4 members (excludes halogenated alkanes) is 1. The lowest BCUT2D eigenvalue weighted by molar-refractivity contribution is 0.301. The van der Waals surface area contributed by atoms with Gasteiger partial charge in [-0.2, -0.15) is 0 Å². The van der Waals surface area contributed by atoms with Crippen LogP contribution in [0.4, 0.5) is 0 Å². The van der Waals surface area contributed by atoms with Crippen LogP contribution in [0.1, 0.15) is 18.4 Å². The summed E-state index contributed by atoms with van der Waals surface area (Å²) in [4.78, 5) is 28.5. The van der Waals surface area contributed by atoms with Crippen molar-refractivity contribution in [3.05, 3.63) is 57.0 Å². The molecule has 2 aromatic heterocycles. The standard InChI is InChI=1S/C18H22N4O3/c1-13-8-4-5-9-14(13)25-11-7-6-10-22-12-19-16-15(22)17(23)21(3)18(24)20(16)2/h4-5,8-9,12H,6-7,10-11H2,1-3H3. The van der Waals surface area contributed by atoms with Crippen LogP contribution in [0.2, 0.25) is 0 Å². The first-order valence-electron chi connectivity index (χ1n) is 8.30. The minimum absolute atomic E-state index is 0.313. The summed E-state index contributed by atoms with van der Waals surface area (Å²) in [7, 11) is 3.11. The number of rotatable bonds is 6. The van der Waals surface area contributed by atoms with Crippen LogP contribution in [0.3, 0.4) is 0 Å². The molecule has 1 aromatic carbocycles. The van der Waals surface area contributed by atoms with Gasteiger partial charge in [0, 0.05) is 20.6 Å². The zero-order valence-corrected chi connectivity index (χ0v) is 14.7. The van der Waals surface area contributed by atoms with Crippen molar-refractivity contribution in [2.45, 2.75) is 26.3 Å². The number of hydrogen-bond acceptors (Lipinski definition) is 4. The quantitative estimate of drug-likeness (QED) is 0.638. The number of aryl methyl sites for hydroxylation is 3. The van der Waals surface area contributed by atoms with Crippen molar-refractivity contribution in [2.24, 2.45) is 14.1 Å². The first kappa shape index (κ1) is 17.0. The summed E-state index contributed by atoms with van der Waals surface area (Å²) >= 11 is 0. The zero-order valence-electron chi connectivity index (χ0n) is 14.7. The third-order valence-corrected chi connectivity index (χ3v) is 4.36. The van der Waals surface area contributed by atoms with Crippen LogP contribution >= 0.6 is 0 Å². The zero-order chi connectivity index (χ0) is 18.0. The molecular weight excluding hydrogens is 320 g/mol. The molecule has 0 unspecified atom stereocenters. The van der Waals surface area contributed by atoms with Gasteiger partial charge in [-0.1, -0.05) is 18.2 Å². The Balaban J connectivity index is 1.66. The summed E-state index contributed by atoms with van der Waals surface area (Å²) in [5.41, 5.74) is 1.32. The van der Waals surface area contributed by atoms with Crippen molar-refractivity contribution < 1.29 is 4.74 Å². The van der Waals surface area contributed by atoms with Crippen molar-refractivity contribution in [3.8, 4) is 5.75 Å². The van der Waals surface area contributed by atoms with E-state index in [0.29, 0.717) is 24.3 Å². The molecule has 0 saturated carbocycles. The summed E-state index contributed by atoms with van der Waals surface area (Å²) in [6.45, 7) is 3.29. The van der Waals surface area contributed by atoms with Gasteiger partial charge in [0.15, 0.2) is 11.2 Å². The van der Waals surface area contributed by atoms with Crippen molar-refractivity contribution in [1.82, 2.24) is 18.7 Å². The molecule has 0 aliphatic carbocycles. The normalized spacial score (nSPS) is 11.2. The number of aromatic nitrogens is 4. The number of hydrogen-bond donors (Lipinski definition) is 0. The lowest BCUT2D eigenvalue weighted by atomic mass is 10.2. The second kappa shape index (κ2) is 6.96. The van der Waals surface area contributed by atoms with Crippen molar-refractivity contribution in [3.63, 3.8) is 0 Å². The number of fused-ring (bicyclic) bond motifs is 1. The Labute approximate surface area is 145 Å². The predicted molar refractivity (Wildman–Crippen MR) is 96.1 cm³/mol. The van der Waals surface area contributed by atoms with E-state index in [4.69, 9.17) is 4.74 Å². The van der Waals surface area contributed by atoms with Crippen LogP contribution in [0.15, 0.2) is 40.2 Å². The number of imidazole rings is 1. The second-order valence-corrected chi connectivity index (χ2v) is 6.14. The Morgan fingerprint density at radius 3 is 2.60 bits per heavy atom. The average molecular weight is 342 g/mol. The molecule has 3 aromatic rings. The van der Waals surface area contributed by atoms with E-state index in [1.54, 1.807) is 13.4 Å². The van der Waals surface area contributed by atoms with Gasteiger partial charge in [0.2, 0.25) is 0 Å². The minimum Gasteiger partial charge on any atom is -0.493 e. The number of benzene rings is 1. The van der Waals surface area contributed by atoms with Gasteiger partial charge in [0.25, 0.3) is 5.56 Å². The molecule has 0 N–H and O–H groups in total. The molecule has 25 heavy (non-hydrogen) atoms. The molecule has 0 spiro atoms. The Bertz CT molecular complexity index is 1010. The minimum atomic E-state index is -0.366. The summed E-state index contributed by atoms with van der Waals surface area (Å²) in [6, 6.07) is 7.93. The van der Waals surface area contributed by atoms with Gasteiger partial charge in [0.1, 0.15) is 5.75 Å². The van der Waals surface area contributed by atoms with E-state index < -0.39 is 0 Å². The van der Waals surface area contributed by atoms with Gasteiger partial charge < -0.3 is 9.30 Å². The van der Waals surface area contributed by atoms with Crippen LogP contribution in [0, 0.1) is 6.92 Å².